The molecule has 1 fully saturated rings. The molecule has 0 bridgehead atoms. The van der Waals surface area contributed by atoms with E-state index < -0.39 is 10.0 Å². The first kappa shape index (κ1) is 14.6. The van der Waals surface area contributed by atoms with Gasteiger partial charge in [-0.3, -0.25) is 0 Å². The van der Waals surface area contributed by atoms with Gasteiger partial charge in [0.05, 0.1) is 12.1 Å². The maximum absolute atomic E-state index is 12.6. The molecule has 1 aromatic rings. The molecule has 1 unspecified atom stereocenters. The summed E-state index contributed by atoms with van der Waals surface area (Å²) < 4.78 is 31.7. The van der Waals surface area contributed by atoms with Crippen molar-refractivity contribution in [2.75, 3.05) is 26.7 Å². The fourth-order valence-electron chi connectivity index (χ4n) is 2.06. The smallest absolute Gasteiger partial charge is 0.244 e. The maximum Gasteiger partial charge on any atom is 0.244 e. The molecule has 0 aromatic heterocycles. The summed E-state index contributed by atoms with van der Waals surface area (Å²) in [6, 6.07) is 4.78. The molecule has 5 nitrogen and oxygen atoms in total. The highest BCUT2D eigenvalue weighted by molar-refractivity contribution is 7.89. The van der Waals surface area contributed by atoms with E-state index in [0.717, 1.165) is 0 Å². The van der Waals surface area contributed by atoms with Crippen molar-refractivity contribution in [3.05, 3.63) is 23.2 Å². The van der Waals surface area contributed by atoms with Gasteiger partial charge >= 0.3 is 0 Å². The molecule has 2 rings (SSSR count). The van der Waals surface area contributed by atoms with E-state index in [-0.39, 0.29) is 16.0 Å². The van der Waals surface area contributed by atoms with Gasteiger partial charge in [-0.05, 0) is 19.1 Å². The van der Waals surface area contributed by atoms with E-state index in [4.69, 9.17) is 16.3 Å². The normalized spacial score (nSPS) is 21.3. The lowest BCUT2D eigenvalue weighted by atomic mass is 10.3. The van der Waals surface area contributed by atoms with Gasteiger partial charge < -0.3 is 10.1 Å². The SMILES string of the molecule is COc1ccc(Cl)c(S(=O)(=O)N2CCNC(C)C2)c1. The van der Waals surface area contributed by atoms with Gasteiger partial charge in [-0.1, -0.05) is 11.6 Å². The number of nitrogens with one attached hydrogen (secondary N) is 1. The van der Waals surface area contributed by atoms with Crippen LogP contribution in [0, 0.1) is 0 Å². The van der Waals surface area contributed by atoms with E-state index in [1.165, 1.54) is 17.5 Å². The Balaban J connectivity index is 2.38. The van der Waals surface area contributed by atoms with Crippen LogP contribution in [0.25, 0.3) is 0 Å². The monoisotopic (exact) mass is 304 g/mol. The third-order valence-electron chi connectivity index (χ3n) is 3.09. The van der Waals surface area contributed by atoms with E-state index in [2.05, 4.69) is 5.32 Å². The first-order valence-electron chi connectivity index (χ1n) is 6.02. The molecular formula is C12H17ClN2O3S. The van der Waals surface area contributed by atoms with Crippen LogP contribution < -0.4 is 10.1 Å². The minimum Gasteiger partial charge on any atom is -0.497 e. The van der Waals surface area contributed by atoms with Crippen LogP contribution >= 0.6 is 11.6 Å². The van der Waals surface area contributed by atoms with Crippen molar-refractivity contribution in [3.63, 3.8) is 0 Å². The molecule has 0 radical (unpaired) electrons. The molecule has 1 heterocycles. The van der Waals surface area contributed by atoms with Crippen LogP contribution in [0.15, 0.2) is 23.1 Å². The maximum atomic E-state index is 12.6. The topological polar surface area (TPSA) is 58.6 Å². The van der Waals surface area contributed by atoms with Gasteiger partial charge in [0.15, 0.2) is 0 Å². The van der Waals surface area contributed by atoms with Gasteiger partial charge in [-0.2, -0.15) is 4.31 Å². The number of hydrogen-bond donors (Lipinski definition) is 1. The molecule has 1 aliphatic heterocycles. The summed E-state index contributed by atoms with van der Waals surface area (Å²) in [5, 5.41) is 3.42. The lowest BCUT2D eigenvalue weighted by molar-refractivity contribution is 0.310. The minimum atomic E-state index is -3.58. The Morgan fingerprint density at radius 2 is 2.21 bits per heavy atom. The summed E-state index contributed by atoms with van der Waals surface area (Å²) in [6.45, 7) is 3.48. The molecule has 1 N–H and O–H groups in total. The number of methoxy groups -OCH3 is 1. The Kier molecular flexibility index (Phi) is 4.35. The first-order chi connectivity index (χ1) is 8.95. The predicted octanol–water partition coefficient (Wildman–Crippen LogP) is 1.33. The summed E-state index contributed by atoms with van der Waals surface area (Å²) in [7, 11) is -2.08. The Labute approximate surface area is 118 Å². The molecule has 19 heavy (non-hydrogen) atoms. The van der Waals surface area contributed by atoms with Crippen molar-refractivity contribution in [2.45, 2.75) is 17.9 Å². The predicted molar refractivity (Wildman–Crippen MR) is 74.2 cm³/mol. The quantitative estimate of drug-likeness (QED) is 0.915. The third kappa shape index (κ3) is 3.02. The van der Waals surface area contributed by atoms with Crippen LogP contribution in [-0.2, 0) is 10.0 Å². The van der Waals surface area contributed by atoms with Crippen molar-refractivity contribution in [1.29, 1.82) is 0 Å². The molecule has 0 spiro atoms. The van der Waals surface area contributed by atoms with Gasteiger partial charge in [0.25, 0.3) is 0 Å². The zero-order valence-electron chi connectivity index (χ0n) is 10.9. The second kappa shape index (κ2) is 5.66. The van der Waals surface area contributed by atoms with Gasteiger partial charge in [-0.15, -0.1) is 0 Å². The Morgan fingerprint density at radius 3 is 2.84 bits per heavy atom. The van der Waals surface area contributed by atoms with E-state index in [1.807, 2.05) is 6.92 Å². The molecule has 1 saturated heterocycles. The van der Waals surface area contributed by atoms with Crippen molar-refractivity contribution in [3.8, 4) is 5.75 Å². The number of ether oxygens (including phenoxy) is 1. The Hall–Kier alpha value is -0.820. The molecule has 0 saturated carbocycles. The number of sulfonamides is 1. The summed E-state index contributed by atoms with van der Waals surface area (Å²) in [5.74, 6) is 0.478. The third-order valence-corrected chi connectivity index (χ3v) is 5.43. The van der Waals surface area contributed by atoms with Gasteiger partial charge in [0.2, 0.25) is 10.0 Å². The van der Waals surface area contributed by atoms with Crippen molar-refractivity contribution >= 4 is 21.6 Å². The zero-order chi connectivity index (χ0) is 14.0. The molecule has 1 aromatic carbocycles. The fraction of sp³-hybridized carbons (Fsp3) is 0.500. The van der Waals surface area contributed by atoms with E-state index in [9.17, 15) is 8.42 Å². The van der Waals surface area contributed by atoms with Crippen molar-refractivity contribution in [1.82, 2.24) is 9.62 Å². The molecule has 0 aliphatic carbocycles. The molecule has 0 amide bonds. The average Bonchev–Trinajstić information content (AvgIpc) is 2.39. The molecule has 1 aliphatic rings. The largest absolute Gasteiger partial charge is 0.497 e. The highest BCUT2D eigenvalue weighted by Gasteiger charge is 2.30. The number of benzene rings is 1. The Morgan fingerprint density at radius 1 is 1.47 bits per heavy atom. The molecule has 1 atom stereocenters. The van der Waals surface area contributed by atoms with Gasteiger partial charge in [-0.25, -0.2) is 8.42 Å². The summed E-state index contributed by atoms with van der Waals surface area (Å²) in [4.78, 5) is 0.0996. The van der Waals surface area contributed by atoms with Crippen LogP contribution in [0.4, 0.5) is 0 Å². The number of hydrogen-bond acceptors (Lipinski definition) is 4. The molecular weight excluding hydrogens is 288 g/mol. The van der Waals surface area contributed by atoms with Crippen molar-refractivity contribution < 1.29 is 13.2 Å². The Bertz CT molecular complexity index is 562. The van der Waals surface area contributed by atoms with Crippen LogP contribution in [-0.4, -0.2) is 45.5 Å². The van der Waals surface area contributed by atoms with Crippen molar-refractivity contribution in [2.24, 2.45) is 0 Å². The first-order valence-corrected chi connectivity index (χ1v) is 7.84. The van der Waals surface area contributed by atoms with Crippen LogP contribution in [0.2, 0.25) is 5.02 Å². The fourth-order valence-corrected chi connectivity index (χ4v) is 4.08. The number of piperazine rings is 1. The van der Waals surface area contributed by atoms with Crippen LogP contribution in [0.5, 0.6) is 5.75 Å². The lowest BCUT2D eigenvalue weighted by Crippen LogP contribution is -2.51. The summed E-state index contributed by atoms with van der Waals surface area (Å²) in [5.41, 5.74) is 0. The minimum absolute atomic E-state index is 0.0996. The summed E-state index contributed by atoms with van der Waals surface area (Å²) >= 11 is 6.02. The standard InChI is InChI=1S/C12H17ClN2O3S/c1-9-8-15(6-5-14-9)19(16,17)12-7-10(18-2)3-4-11(12)13/h3-4,7,9,14H,5-6,8H2,1-2H3. The summed E-state index contributed by atoms with van der Waals surface area (Å²) in [6.07, 6.45) is 0. The number of rotatable bonds is 3. The average molecular weight is 305 g/mol. The molecule has 7 heteroatoms. The van der Waals surface area contributed by atoms with Gasteiger partial charge in [0.1, 0.15) is 10.6 Å². The zero-order valence-corrected chi connectivity index (χ0v) is 12.5. The van der Waals surface area contributed by atoms with Crippen LogP contribution in [0.1, 0.15) is 6.92 Å². The highest BCUT2D eigenvalue weighted by Crippen LogP contribution is 2.29. The van der Waals surface area contributed by atoms with E-state index in [0.29, 0.717) is 25.4 Å². The second-order valence-corrected chi connectivity index (χ2v) is 6.83. The number of halogens is 1. The number of nitrogens with zero attached hydrogens (tertiary/aromatic N) is 1. The lowest BCUT2D eigenvalue weighted by Gasteiger charge is -2.31. The molecule has 106 valence electrons. The highest BCUT2D eigenvalue weighted by atomic mass is 35.5. The van der Waals surface area contributed by atoms with E-state index in [1.54, 1.807) is 12.1 Å². The van der Waals surface area contributed by atoms with Gasteiger partial charge in [0, 0.05) is 31.7 Å². The second-order valence-electron chi connectivity index (χ2n) is 4.51. The van der Waals surface area contributed by atoms with E-state index >= 15 is 0 Å². The van der Waals surface area contributed by atoms with Crippen LogP contribution in [0.3, 0.4) is 0 Å².